The van der Waals surface area contributed by atoms with Crippen LogP contribution >= 0.6 is 0 Å². The molecule has 2 saturated carbocycles. The van der Waals surface area contributed by atoms with Gasteiger partial charge in [0.25, 0.3) is 11.8 Å². The maximum atomic E-state index is 14.7. The van der Waals surface area contributed by atoms with Gasteiger partial charge in [-0.1, -0.05) is 25.0 Å². The molecule has 3 N–H and O–H groups in total. The summed E-state index contributed by atoms with van der Waals surface area (Å²) >= 11 is 0. The van der Waals surface area contributed by atoms with Gasteiger partial charge in [0.05, 0.1) is 22.9 Å². The molecule has 5 atom stereocenters. The molecule has 0 radical (unpaired) electrons. The quantitative estimate of drug-likeness (QED) is 0.269. The fraction of sp³-hybridized carbons (Fsp3) is 0.550. The standard InChI is InChI=1S/C40H50FN7O8S/c1-23(2)55-33-20-32(27-13-14-28(41)24(3)34(27)43-33)56-26-19-31-36(50)44-40(38(52)46-57(53,54)39(4)16-17-39)21-25(40)11-9-7-6-8-10-12-30(37(51)48(31)22-26)42-35(49)29-15-18-47(5)45-29/h9,11,13-15,18,20,23,25-26,30-31H,6-8,10,12,16-17,19,21-22H2,1-5H3,(H,42,49)(H,44,50)(H,46,52). The van der Waals surface area contributed by atoms with E-state index in [2.05, 4.69) is 25.4 Å². The van der Waals surface area contributed by atoms with Crippen molar-refractivity contribution in [2.45, 2.75) is 120 Å². The molecule has 3 fully saturated rings. The summed E-state index contributed by atoms with van der Waals surface area (Å²) in [7, 11) is -2.34. The number of benzene rings is 1. The Bertz CT molecular complexity index is 2240. The molecule has 4 aliphatic rings. The number of fused-ring (bicyclic) bond motifs is 3. The van der Waals surface area contributed by atoms with E-state index in [1.165, 1.54) is 15.6 Å². The molecular weight excluding hydrogens is 758 g/mol. The van der Waals surface area contributed by atoms with Gasteiger partial charge in [-0.3, -0.25) is 28.6 Å². The number of hydrogen-bond acceptors (Lipinski definition) is 10. The van der Waals surface area contributed by atoms with Gasteiger partial charge in [0.15, 0.2) is 0 Å². The van der Waals surface area contributed by atoms with Crippen LogP contribution in [0.25, 0.3) is 10.9 Å². The summed E-state index contributed by atoms with van der Waals surface area (Å²) < 4.78 is 56.3. The topological polar surface area (TPSA) is 191 Å². The average Bonchev–Trinajstić information content (AvgIpc) is 3.95. The molecule has 2 aliphatic carbocycles. The number of carbonyl (C=O) groups excluding carboxylic acids is 4. The molecule has 4 amide bonds. The smallest absolute Gasteiger partial charge is 0.272 e. The fourth-order valence-corrected chi connectivity index (χ4v) is 8.96. The number of halogens is 1. The molecule has 1 aromatic carbocycles. The van der Waals surface area contributed by atoms with Crippen LogP contribution in [0, 0.1) is 18.7 Å². The van der Waals surface area contributed by atoms with Crippen molar-refractivity contribution in [2.24, 2.45) is 13.0 Å². The molecule has 1 saturated heterocycles. The number of nitrogens with one attached hydrogen (secondary N) is 3. The van der Waals surface area contributed by atoms with Crippen molar-refractivity contribution in [1.82, 2.24) is 35.0 Å². The van der Waals surface area contributed by atoms with Gasteiger partial charge in [-0.15, -0.1) is 0 Å². The molecule has 15 nitrogen and oxygen atoms in total. The Morgan fingerprint density at radius 1 is 1.12 bits per heavy atom. The Kier molecular flexibility index (Phi) is 10.8. The molecule has 0 spiro atoms. The van der Waals surface area contributed by atoms with E-state index in [9.17, 15) is 32.0 Å². The van der Waals surface area contributed by atoms with Gasteiger partial charge in [-0.2, -0.15) is 5.10 Å². The van der Waals surface area contributed by atoms with E-state index in [0.29, 0.717) is 54.3 Å². The Hall–Kier alpha value is -5.06. The number of aromatic nitrogens is 3. The Balaban J connectivity index is 1.23. The normalized spacial score (nSPS) is 26.1. The maximum Gasteiger partial charge on any atom is 0.272 e. The second-order valence-electron chi connectivity index (χ2n) is 16.3. The van der Waals surface area contributed by atoms with Gasteiger partial charge < -0.3 is 25.0 Å². The molecule has 5 unspecified atom stereocenters. The summed E-state index contributed by atoms with van der Waals surface area (Å²) in [5.74, 6) is -2.97. The number of pyridine rings is 1. The molecule has 2 aromatic heterocycles. The van der Waals surface area contributed by atoms with Crippen LogP contribution < -0.4 is 24.8 Å². The van der Waals surface area contributed by atoms with Crippen molar-refractivity contribution in [2.75, 3.05) is 6.54 Å². The van der Waals surface area contributed by atoms with Crippen LogP contribution in [0.5, 0.6) is 11.6 Å². The molecule has 17 heteroatoms. The summed E-state index contributed by atoms with van der Waals surface area (Å²) in [5.41, 5.74) is -0.807. The van der Waals surface area contributed by atoms with Crippen LogP contribution in [0.15, 0.2) is 42.6 Å². The van der Waals surface area contributed by atoms with E-state index in [-0.39, 0.29) is 37.1 Å². The van der Waals surface area contributed by atoms with E-state index in [4.69, 9.17) is 9.47 Å². The second kappa shape index (κ2) is 15.4. The zero-order valence-electron chi connectivity index (χ0n) is 32.8. The highest BCUT2D eigenvalue weighted by Gasteiger charge is 2.63. The van der Waals surface area contributed by atoms with Crippen molar-refractivity contribution >= 4 is 44.6 Å². The van der Waals surface area contributed by atoms with Gasteiger partial charge in [0, 0.05) is 42.6 Å². The summed E-state index contributed by atoms with van der Waals surface area (Å²) in [6.45, 7) is 6.76. The molecule has 2 aliphatic heterocycles. The van der Waals surface area contributed by atoms with Crippen molar-refractivity contribution in [3.8, 4) is 11.6 Å². The Morgan fingerprint density at radius 2 is 1.89 bits per heavy atom. The zero-order valence-corrected chi connectivity index (χ0v) is 33.7. The summed E-state index contributed by atoms with van der Waals surface area (Å²) in [6, 6.07) is 3.80. The molecule has 306 valence electrons. The number of hydrogen-bond donors (Lipinski definition) is 3. The average molecular weight is 808 g/mol. The minimum Gasteiger partial charge on any atom is -0.488 e. The van der Waals surface area contributed by atoms with Gasteiger partial charge in [0.1, 0.15) is 41.0 Å². The number of ether oxygens (including phenoxy) is 2. The Labute approximate surface area is 331 Å². The summed E-state index contributed by atoms with van der Waals surface area (Å²) in [5, 5.41) is 10.4. The number of carbonyl (C=O) groups is 4. The fourth-order valence-electron chi connectivity index (χ4n) is 7.64. The first-order valence-corrected chi connectivity index (χ1v) is 21.1. The number of allylic oxidation sites excluding steroid dienone is 1. The molecule has 57 heavy (non-hydrogen) atoms. The molecular formula is C40H50FN7O8S. The van der Waals surface area contributed by atoms with Crippen LogP contribution in [0.4, 0.5) is 4.39 Å². The summed E-state index contributed by atoms with van der Waals surface area (Å²) in [6.07, 6.45) is 8.43. The Morgan fingerprint density at radius 3 is 2.60 bits per heavy atom. The third-order valence-electron chi connectivity index (χ3n) is 11.5. The van der Waals surface area contributed by atoms with Crippen LogP contribution in [0.2, 0.25) is 0 Å². The number of aryl methyl sites for hydroxylation is 2. The minimum atomic E-state index is -4.02. The highest BCUT2D eigenvalue weighted by molar-refractivity contribution is 7.91. The van der Waals surface area contributed by atoms with Crippen molar-refractivity contribution < 1.29 is 41.5 Å². The number of rotatable bonds is 9. The molecule has 4 heterocycles. The van der Waals surface area contributed by atoms with Gasteiger partial charge in [-0.05, 0) is 84.4 Å². The van der Waals surface area contributed by atoms with Gasteiger partial charge >= 0.3 is 0 Å². The number of sulfonamides is 1. The highest BCUT2D eigenvalue weighted by atomic mass is 32.2. The third-order valence-corrected chi connectivity index (χ3v) is 13.6. The largest absolute Gasteiger partial charge is 0.488 e. The van der Waals surface area contributed by atoms with Crippen LogP contribution in [-0.2, 0) is 31.5 Å². The SMILES string of the molecule is Cc1c(F)ccc2c(OC3CC4C(=O)NC5(C(=O)NS(=O)(=O)C6(C)CC6)CC5C=CCCCCCC(NC(=O)c5ccn(C)n5)C(=O)N4C3)cc(OC(C)C)nc12. The first kappa shape index (κ1) is 40.1. The predicted octanol–water partition coefficient (Wildman–Crippen LogP) is 3.74. The summed E-state index contributed by atoms with van der Waals surface area (Å²) in [4.78, 5) is 62.4. The van der Waals surface area contributed by atoms with Crippen LogP contribution in [0.3, 0.4) is 0 Å². The second-order valence-corrected chi connectivity index (χ2v) is 18.5. The lowest BCUT2D eigenvalue weighted by Crippen LogP contribution is -2.58. The molecule has 3 aromatic rings. The third kappa shape index (κ3) is 8.21. The lowest BCUT2D eigenvalue weighted by atomic mass is 10.0. The number of amides is 4. The predicted molar refractivity (Wildman–Crippen MR) is 207 cm³/mol. The monoisotopic (exact) mass is 807 g/mol. The highest BCUT2D eigenvalue weighted by Crippen LogP contribution is 2.47. The van der Waals surface area contributed by atoms with E-state index in [1.54, 1.807) is 45.3 Å². The lowest BCUT2D eigenvalue weighted by molar-refractivity contribution is -0.141. The van der Waals surface area contributed by atoms with Gasteiger partial charge in [-0.25, -0.2) is 17.8 Å². The zero-order chi connectivity index (χ0) is 40.9. The van der Waals surface area contributed by atoms with E-state index >= 15 is 0 Å². The van der Waals surface area contributed by atoms with Crippen LogP contribution in [0.1, 0.15) is 94.6 Å². The minimum absolute atomic E-state index is 0.0164. The van der Waals surface area contributed by atoms with Crippen LogP contribution in [-0.4, -0.2) is 92.8 Å². The van der Waals surface area contributed by atoms with Crippen molar-refractivity contribution in [3.63, 3.8) is 0 Å². The van der Waals surface area contributed by atoms with E-state index in [0.717, 1.165) is 12.8 Å². The maximum absolute atomic E-state index is 14.7. The van der Waals surface area contributed by atoms with E-state index < -0.39 is 73.9 Å². The number of nitrogens with zero attached hydrogens (tertiary/aromatic N) is 4. The molecule has 7 rings (SSSR count). The van der Waals surface area contributed by atoms with Crippen molar-refractivity contribution in [1.29, 1.82) is 0 Å². The first-order chi connectivity index (χ1) is 27.0. The van der Waals surface area contributed by atoms with E-state index in [1.807, 2.05) is 26.0 Å². The molecule has 0 bridgehead atoms. The van der Waals surface area contributed by atoms with Crippen molar-refractivity contribution in [3.05, 3.63) is 59.7 Å². The first-order valence-electron chi connectivity index (χ1n) is 19.6. The van der Waals surface area contributed by atoms with Gasteiger partial charge in [0.2, 0.25) is 27.7 Å². The lowest BCUT2D eigenvalue weighted by Gasteiger charge is -2.30.